The van der Waals surface area contributed by atoms with Gasteiger partial charge in [0.1, 0.15) is 5.52 Å². The predicted octanol–water partition coefficient (Wildman–Crippen LogP) is 2.34. The summed E-state index contributed by atoms with van der Waals surface area (Å²) in [6.45, 7) is 7.94. The van der Waals surface area contributed by atoms with Crippen LogP contribution in [0.2, 0.25) is 0 Å². The first-order chi connectivity index (χ1) is 9.27. The Morgan fingerprint density at radius 1 is 1.50 bits per heavy atom. The van der Waals surface area contributed by atoms with Crippen LogP contribution in [0.1, 0.15) is 32.9 Å². The highest BCUT2D eigenvalue weighted by Crippen LogP contribution is 2.26. The van der Waals surface area contributed by atoms with E-state index < -0.39 is 5.97 Å². The summed E-state index contributed by atoms with van der Waals surface area (Å²) < 4.78 is 1.74. The topological polar surface area (TPSA) is 79.5 Å². The van der Waals surface area contributed by atoms with Crippen LogP contribution in [0.15, 0.2) is 18.5 Å². The molecule has 1 unspecified atom stereocenters. The number of aromatic nitrogens is 3. The minimum absolute atomic E-state index is 0.0410. The molecule has 108 valence electrons. The van der Waals surface area contributed by atoms with Crippen LogP contribution in [0, 0.1) is 12.3 Å². The number of hydrogen-bond donors (Lipinski definition) is 2. The molecule has 0 amide bonds. The molecule has 2 rings (SSSR count). The molecule has 0 aromatic carbocycles. The molecule has 2 aromatic heterocycles. The van der Waals surface area contributed by atoms with Crippen molar-refractivity contribution < 1.29 is 9.90 Å². The smallest absolute Gasteiger partial charge is 0.305 e. The molecule has 0 spiro atoms. The molecule has 0 bridgehead atoms. The summed E-state index contributed by atoms with van der Waals surface area (Å²) in [5.41, 5.74) is 1.55. The van der Waals surface area contributed by atoms with Gasteiger partial charge in [0.05, 0.1) is 12.1 Å². The highest BCUT2D eigenvalue weighted by Gasteiger charge is 2.27. The number of rotatable bonds is 4. The molecule has 6 heteroatoms. The maximum absolute atomic E-state index is 11.0. The normalized spacial score (nSPS) is 13.4. The number of carboxylic acid groups (broad SMARTS) is 1. The minimum atomic E-state index is -0.825. The lowest BCUT2D eigenvalue weighted by atomic mass is 9.85. The van der Waals surface area contributed by atoms with E-state index in [9.17, 15) is 4.79 Å². The zero-order valence-corrected chi connectivity index (χ0v) is 12.2. The third-order valence-corrected chi connectivity index (χ3v) is 3.25. The minimum Gasteiger partial charge on any atom is -0.481 e. The van der Waals surface area contributed by atoms with Gasteiger partial charge in [-0.25, -0.2) is 9.50 Å². The van der Waals surface area contributed by atoms with Gasteiger partial charge >= 0.3 is 5.97 Å². The first-order valence-electron chi connectivity index (χ1n) is 6.56. The van der Waals surface area contributed by atoms with Crippen LogP contribution in [0.5, 0.6) is 0 Å². The fourth-order valence-corrected chi connectivity index (χ4v) is 2.07. The third-order valence-electron chi connectivity index (χ3n) is 3.25. The van der Waals surface area contributed by atoms with Crippen molar-refractivity contribution >= 4 is 17.3 Å². The summed E-state index contributed by atoms with van der Waals surface area (Å²) >= 11 is 0. The van der Waals surface area contributed by atoms with E-state index in [1.165, 1.54) is 0 Å². The van der Waals surface area contributed by atoms with Gasteiger partial charge < -0.3 is 10.4 Å². The van der Waals surface area contributed by atoms with Gasteiger partial charge in [0.2, 0.25) is 0 Å². The lowest BCUT2D eigenvalue weighted by molar-refractivity contribution is -0.137. The Morgan fingerprint density at radius 2 is 2.20 bits per heavy atom. The van der Waals surface area contributed by atoms with Gasteiger partial charge in [-0.2, -0.15) is 5.10 Å². The quantitative estimate of drug-likeness (QED) is 0.896. The van der Waals surface area contributed by atoms with Gasteiger partial charge in [0, 0.05) is 18.4 Å². The van der Waals surface area contributed by atoms with E-state index in [1.807, 2.05) is 33.8 Å². The Morgan fingerprint density at radius 3 is 2.80 bits per heavy atom. The SMILES string of the molecule is Cc1cc2c(NC(CC(=O)O)C(C)(C)C)nccn2n1. The standard InChI is InChI=1S/C14H20N4O2/c1-9-7-10-13(15-5-6-18(10)17-9)16-11(8-12(19)20)14(2,3)4/h5-7,11H,8H2,1-4H3,(H,15,16)(H,19,20). The number of carbonyl (C=O) groups is 1. The largest absolute Gasteiger partial charge is 0.481 e. The molecule has 0 aliphatic rings. The lowest BCUT2D eigenvalue weighted by Gasteiger charge is -2.30. The van der Waals surface area contributed by atoms with Crippen LogP contribution in [0.3, 0.4) is 0 Å². The summed E-state index contributed by atoms with van der Waals surface area (Å²) in [5.74, 6) is -0.164. The number of aliphatic carboxylic acids is 1. The van der Waals surface area contributed by atoms with E-state index in [4.69, 9.17) is 5.11 Å². The van der Waals surface area contributed by atoms with Gasteiger partial charge in [-0.1, -0.05) is 20.8 Å². The Bertz CT molecular complexity index is 628. The van der Waals surface area contributed by atoms with Gasteiger partial charge in [0.15, 0.2) is 5.82 Å². The predicted molar refractivity (Wildman–Crippen MR) is 76.8 cm³/mol. The number of nitrogens with one attached hydrogen (secondary N) is 1. The second-order valence-electron chi connectivity index (χ2n) is 6.05. The second-order valence-corrected chi connectivity index (χ2v) is 6.05. The molecular weight excluding hydrogens is 256 g/mol. The molecule has 0 fully saturated rings. The number of nitrogens with zero attached hydrogens (tertiary/aromatic N) is 3. The molecule has 6 nitrogen and oxygen atoms in total. The molecular formula is C14H20N4O2. The van der Waals surface area contributed by atoms with Crippen LogP contribution < -0.4 is 5.32 Å². The van der Waals surface area contributed by atoms with Crippen LogP contribution in [0.4, 0.5) is 5.82 Å². The fraction of sp³-hybridized carbons (Fsp3) is 0.500. The number of carboxylic acids is 1. The molecule has 0 aliphatic carbocycles. The summed E-state index contributed by atoms with van der Waals surface area (Å²) in [6, 6.07) is 1.71. The Labute approximate surface area is 117 Å². The first kappa shape index (κ1) is 14.3. The van der Waals surface area contributed by atoms with E-state index >= 15 is 0 Å². The third kappa shape index (κ3) is 3.07. The van der Waals surface area contributed by atoms with E-state index in [-0.39, 0.29) is 17.9 Å². The van der Waals surface area contributed by atoms with Crippen LogP contribution >= 0.6 is 0 Å². The zero-order valence-electron chi connectivity index (χ0n) is 12.2. The Kier molecular flexibility index (Phi) is 3.65. The van der Waals surface area contributed by atoms with Crippen LogP contribution in [-0.4, -0.2) is 31.7 Å². The molecule has 0 saturated heterocycles. The van der Waals surface area contributed by atoms with Gasteiger partial charge in [-0.15, -0.1) is 0 Å². The van der Waals surface area contributed by atoms with Crippen molar-refractivity contribution in [1.82, 2.24) is 14.6 Å². The van der Waals surface area contributed by atoms with E-state index in [2.05, 4.69) is 15.4 Å². The molecule has 2 heterocycles. The monoisotopic (exact) mass is 276 g/mol. The van der Waals surface area contributed by atoms with Crippen molar-refractivity contribution in [3.05, 3.63) is 24.2 Å². The van der Waals surface area contributed by atoms with Crippen molar-refractivity contribution in [1.29, 1.82) is 0 Å². The maximum Gasteiger partial charge on any atom is 0.305 e. The van der Waals surface area contributed by atoms with Crippen molar-refractivity contribution in [2.45, 2.75) is 40.2 Å². The first-order valence-corrected chi connectivity index (χ1v) is 6.56. The van der Waals surface area contributed by atoms with Gasteiger partial charge in [-0.05, 0) is 18.4 Å². The summed E-state index contributed by atoms with van der Waals surface area (Å²) in [5, 5.41) is 16.6. The lowest BCUT2D eigenvalue weighted by Crippen LogP contribution is -2.36. The molecule has 0 aliphatic heterocycles. The van der Waals surface area contributed by atoms with Gasteiger partial charge in [-0.3, -0.25) is 4.79 Å². The maximum atomic E-state index is 11.0. The van der Waals surface area contributed by atoms with Crippen molar-refractivity contribution in [3.8, 4) is 0 Å². The Balaban J connectivity index is 2.35. The summed E-state index contributed by atoms with van der Waals surface area (Å²) in [4.78, 5) is 15.4. The fourth-order valence-electron chi connectivity index (χ4n) is 2.07. The van der Waals surface area contributed by atoms with Crippen molar-refractivity contribution in [2.75, 3.05) is 5.32 Å². The summed E-state index contributed by atoms with van der Waals surface area (Å²) in [6.07, 6.45) is 3.47. The second kappa shape index (κ2) is 5.11. The molecule has 2 aromatic rings. The number of hydrogen-bond acceptors (Lipinski definition) is 4. The van der Waals surface area contributed by atoms with Crippen molar-refractivity contribution in [3.63, 3.8) is 0 Å². The van der Waals surface area contributed by atoms with E-state index in [0.29, 0.717) is 5.82 Å². The van der Waals surface area contributed by atoms with E-state index in [1.54, 1.807) is 16.9 Å². The average molecular weight is 276 g/mol. The molecule has 0 saturated carbocycles. The molecule has 2 N–H and O–H groups in total. The number of anilines is 1. The molecule has 20 heavy (non-hydrogen) atoms. The molecule has 1 atom stereocenters. The number of aryl methyl sites for hydroxylation is 1. The van der Waals surface area contributed by atoms with Gasteiger partial charge in [0.25, 0.3) is 0 Å². The summed E-state index contributed by atoms with van der Waals surface area (Å²) in [7, 11) is 0. The molecule has 0 radical (unpaired) electrons. The van der Waals surface area contributed by atoms with Crippen LogP contribution in [0.25, 0.3) is 5.52 Å². The average Bonchev–Trinajstić information content (AvgIpc) is 2.67. The highest BCUT2D eigenvalue weighted by atomic mass is 16.4. The highest BCUT2D eigenvalue weighted by molar-refractivity contribution is 5.71. The van der Waals surface area contributed by atoms with Crippen molar-refractivity contribution in [2.24, 2.45) is 5.41 Å². The Hall–Kier alpha value is -2.11. The number of fused-ring (bicyclic) bond motifs is 1. The zero-order chi connectivity index (χ0) is 14.9. The van der Waals surface area contributed by atoms with Crippen LogP contribution in [-0.2, 0) is 4.79 Å². The van der Waals surface area contributed by atoms with E-state index in [0.717, 1.165) is 11.2 Å².